The first-order valence-electron chi connectivity index (χ1n) is 8.02. The molecule has 2 rings (SSSR count). The Hall–Kier alpha value is -0.910. The Labute approximate surface area is 146 Å². The Morgan fingerprint density at radius 2 is 2.17 bits per heavy atom. The molecule has 1 heterocycles. The van der Waals surface area contributed by atoms with Crippen LogP contribution in [0.15, 0.2) is 11.4 Å². The molecule has 4 nitrogen and oxygen atoms in total. The third-order valence-corrected chi connectivity index (χ3v) is 6.10. The summed E-state index contributed by atoms with van der Waals surface area (Å²) in [5, 5.41) is 15.8. The van der Waals surface area contributed by atoms with Gasteiger partial charge in [-0.25, -0.2) is 0 Å². The van der Waals surface area contributed by atoms with Crippen LogP contribution in [-0.4, -0.2) is 28.9 Å². The highest BCUT2D eigenvalue weighted by atomic mass is 35.5. The molecule has 1 aromatic heterocycles. The molecule has 1 aromatic rings. The molecule has 0 bridgehead atoms. The van der Waals surface area contributed by atoms with E-state index in [1.807, 2.05) is 20.8 Å². The molecule has 1 saturated carbocycles. The van der Waals surface area contributed by atoms with Gasteiger partial charge in [0.1, 0.15) is 5.60 Å². The number of rotatable bonds is 5. The van der Waals surface area contributed by atoms with E-state index in [0.29, 0.717) is 22.2 Å². The van der Waals surface area contributed by atoms with Crippen molar-refractivity contribution in [3.05, 3.63) is 21.3 Å². The molecule has 3 atom stereocenters. The maximum atomic E-state index is 12.6. The van der Waals surface area contributed by atoms with Crippen molar-refractivity contribution in [2.75, 3.05) is 6.54 Å². The first-order valence-corrected chi connectivity index (χ1v) is 9.28. The Kier molecular flexibility index (Phi) is 5.87. The molecule has 1 aliphatic rings. The lowest BCUT2D eigenvalue weighted by Gasteiger charge is -2.43. The zero-order valence-corrected chi connectivity index (χ0v) is 15.3. The van der Waals surface area contributed by atoms with E-state index in [0.717, 1.165) is 12.8 Å². The van der Waals surface area contributed by atoms with E-state index in [1.54, 1.807) is 11.4 Å². The van der Waals surface area contributed by atoms with Gasteiger partial charge in [0, 0.05) is 0 Å². The highest BCUT2D eigenvalue weighted by Gasteiger charge is 2.48. The summed E-state index contributed by atoms with van der Waals surface area (Å²) in [5.41, 5.74) is -1.40. The average Bonchev–Trinajstić information content (AvgIpc) is 2.90. The Morgan fingerprint density at radius 3 is 2.74 bits per heavy atom. The number of Topliss-reactive ketones (excluding diaryl/α,β-unsaturated/α-hetero) is 1. The predicted octanol–water partition coefficient (Wildman–Crippen LogP) is 3.52. The summed E-state index contributed by atoms with van der Waals surface area (Å²) in [6.45, 7) is 5.96. The molecule has 0 saturated heterocycles. The largest absolute Gasteiger partial charge is 0.380 e. The highest BCUT2D eigenvalue weighted by Crippen LogP contribution is 2.41. The Balaban J connectivity index is 2.05. The van der Waals surface area contributed by atoms with Crippen molar-refractivity contribution in [3.8, 4) is 0 Å². The van der Waals surface area contributed by atoms with Gasteiger partial charge < -0.3 is 10.4 Å². The molecule has 1 aliphatic carbocycles. The van der Waals surface area contributed by atoms with E-state index in [2.05, 4.69) is 5.32 Å². The zero-order chi connectivity index (χ0) is 17.2. The number of nitrogens with one attached hydrogen (secondary N) is 1. The van der Waals surface area contributed by atoms with Crippen LogP contribution >= 0.6 is 22.9 Å². The fourth-order valence-electron chi connectivity index (χ4n) is 3.52. The number of hydrogen-bond acceptors (Lipinski definition) is 4. The summed E-state index contributed by atoms with van der Waals surface area (Å²) < 4.78 is 0. The third-order valence-electron chi connectivity index (χ3n) is 4.72. The first-order chi connectivity index (χ1) is 10.8. The van der Waals surface area contributed by atoms with Gasteiger partial charge in [0.15, 0.2) is 5.78 Å². The molecule has 2 N–H and O–H groups in total. The molecule has 128 valence electrons. The molecule has 23 heavy (non-hydrogen) atoms. The molecule has 6 heteroatoms. The van der Waals surface area contributed by atoms with Crippen LogP contribution in [0.3, 0.4) is 0 Å². The lowest BCUT2D eigenvalue weighted by atomic mass is 9.66. The van der Waals surface area contributed by atoms with E-state index in [9.17, 15) is 14.7 Å². The average molecular weight is 358 g/mol. The minimum absolute atomic E-state index is 0.0841. The highest BCUT2D eigenvalue weighted by molar-refractivity contribution is 7.12. The van der Waals surface area contributed by atoms with Crippen LogP contribution in [0.5, 0.6) is 0 Å². The van der Waals surface area contributed by atoms with Crippen molar-refractivity contribution in [1.29, 1.82) is 0 Å². The minimum Gasteiger partial charge on any atom is -0.380 e. The van der Waals surface area contributed by atoms with Crippen LogP contribution in [0.1, 0.15) is 49.7 Å². The van der Waals surface area contributed by atoms with Crippen LogP contribution < -0.4 is 5.32 Å². The predicted molar refractivity (Wildman–Crippen MR) is 93.0 cm³/mol. The summed E-state index contributed by atoms with van der Waals surface area (Å²) >= 11 is 7.19. The van der Waals surface area contributed by atoms with Gasteiger partial charge in [-0.05, 0) is 42.0 Å². The first kappa shape index (κ1) is 18.4. The SMILES string of the molecule is CC(C)[C@@H]1CC[C@@H](C)C[C@@]1(O)C(=O)NCC(=O)c1sccc1Cl. The molecular weight excluding hydrogens is 334 g/mol. The standard InChI is InChI=1S/C17H24ClNO3S/c1-10(2)12-5-4-11(3)8-17(12,22)16(21)19-9-14(20)15-13(18)6-7-23-15/h6-7,10-12,22H,4-5,8-9H2,1-3H3,(H,19,21)/t11-,12+,17+/m1/s1. The molecule has 0 radical (unpaired) electrons. The normalized spacial score (nSPS) is 27.9. The Morgan fingerprint density at radius 1 is 1.48 bits per heavy atom. The lowest BCUT2D eigenvalue weighted by molar-refractivity contribution is -0.155. The number of halogens is 1. The van der Waals surface area contributed by atoms with Crippen LogP contribution in [0.25, 0.3) is 0 Å². The number of carbonyl (C=O) groups is 2. The second kappa shape index (κ2) is 7.32. The molecule has 0 aromatic carbocycles. The van der Waals surface area contributed by atoms with Gasteiger partial charge in [-0.2, -0.15) is 0 Å². The second-order valence-electron chi connectivity index (χ2n) is 6.86. The van der Waals surface area contributed by atoms with Crippen LogP contribution in [0.2, 0.25) is 5.02 Å². The van der Waals surface area contributed by atoms with Crippen molar-refractivity contribution < 1.29 is 14.7 Å². The van der Waals surface area contributed by atoms with Gasteiger partial charge in [-0.15, -0.1) is 11.3 Å². The fraction of sp³-hybridized carbons (Fsp3) is 0.647. The summed E-state index contributed by atoms with van der Waals surface area (Å²) in [6.07, 6.45) is 2.28. The van der Waals surface area contributed by atoms with Crippen molar-refractivity contribution in [1.82, 2.24) is 5.32 Å². The number of thiophene rings is 1. The number of aliphatic hydroxyl groups is 1. The second-order valence-corrected chi connectivity index (χ2v) is 8.19. The van der Waals surface area contributed by atoms with Gasteiger partial charge in [0.05, 0.1) is 16.4 Å². The molecule has 0 spiro atoms. The van der Waals surface area contributed by atoms with E-state index in [4.69, 9.17) is 11.6 Å². The quantitative estimate of drug-likeness (QED) is 0.792. The topological polar surface area (TPSA) is 66.4 Å². The lowest BCUT2D eigenvalue weighted by Crippen LogP contribution is -2.56. The molecular formula is C17H24ClNO3S. The number of ketones is 1. The summed E-state index contributed by atoms with van der Waals surface area (Å²) in [5.74, 6) is -0.251. The van der Waals surface area contributed by atoms with E-state index in [1.165, 1.54) is 11.3 Å². The number of amides is 1. The van der Waals surface area contributed by atoms with E-state index < -0.39 is 11.5 Å². The molecule has 0 unspecified atom stereocenters. The smallest absolute Gasteiger partial charge is 0.252 e. The van der Waals surface area contributed by atoms with Gasteiger partial charge in [-0.3, -0.25) is 9.59 Å². The van der Waals surface area contributed by atoms with Crippen LogP contribution in [-0.2, 0) is 4.79 Å². The number of carbonyl (C=O) groups excluding carboxylic acids is 2. The van der Waals surface area contributed by atoms with Gasteiger partial charge in [-0.1, -0.05) is 38.8 Å². The van der Waals surface area contributed by atoms with Crippen molar-refractivity contribution in [2.45, 2.75) is 45.6 Å². The van der Waals surface area contributed by atoms with E-state index >= 15 is 0 Å². The Bertz CT molecular complexity index is 586. The summed E-state index contributed by atoms with van der Waals surface area (Å²) in [6, 6.07) is 1.66. The number of hydrogen-bond donors (Lipinski definition) is 2. The van der Waals surface area contributed by atoms with Crippen LogP contribution in [0.4, 0.5) is 0 Å². The van der Waals surface area contributed by atoms with Crippen molar-refractivity contribution in [3.63, 3.8) is 0 Å². The molecule has 0 aliphatic heterocycles. The maximum Gasteiger partial charge on any atom is 0.252 e. The monoisotopic (exact) mass is 357 g/mol. The summed E-state index contributed by atoms with van der Waals surface area (Å²) in [7, 11) is 0. The van der Waals surface area contributed by atoms with Crippen LogP contribution in [0, 0.1) is 17.8 Å². The zero-order valence-electron chi connectivity index (χ0n) is 13.8. The molecule has 1 amide bonds. The van der Waals surface area contributed by atoms with Gasteiger partial charge in [0.2, 0.25) is 0 Å². The minimum atomic E-state index is -1.40. The van der Waals surface area contributed by atoms with Crippen molar-refractivity contribution >= 4 is 34.6 Å². The van der Waals surface area contributed by atoms with Gasteiger partial charge in [0.25, 0.3) is 5.91 Å². The molecule has 1 fully saturated rings. The van der Waals surface area contributed by atoms with Gasteiger partial charge >= 0.3 is 0 Å². The van der Waals surface area contributed by atoms with E-state index in [-0.39, 0.29) is 24.2 Å². The fourth-order valence-corrected chi connectivity index (χ4v) is 4.62. The van der Waals surface area contributed by atoms with Crippen molar-refractivity contribution in [2.24, 2.45) is 17.8 Å². The maximum absolute atomic E-state index is 12.6. The third kappa shape index (κ3) is 3.95. The summed E-state index contributed by atoms with van der Waals surface area (Å²) in [4.78, 5) is 25.2.